The Kier molecular flexibility index (Phi) is 44.3. The summed E-state index contributed by atoms with van der Waals surface area (Å²) < 4.78 is 11.2. The van der Waals surface area contributed by atoms with E-state index < -0.39 is 49.5 Å². The minimum atomic E-state index is -1.58. The average Bonchev–Trinajstić information content (AvgIpc) is 3.34. The lowest BCUT2D eigenvalue weighted by molar-refractivity contribution is -0.302. The van der Waals surface area contributed by atoms with Crippen molar-refractivity contribution in [1.82, 2.24) is 5.32 Å². The number of rotatable bonds is 45. The molecular formula is C59H101NO8. The maximum absolute atomic E-state index is 13.0. The summed E-state index contributed by atoms with van der Waals surface area (Å²) in [5, 5.41) is 54.4. The van der Waals surface area contributed by atoms with Crippen molar-refractivity contribution in [3.63, 3.8) is 0 Å². The molecule has 1 aliphatic rings. The van der Waals surface area contributed by atoms with Gasteiger partial charge in [0.15, 0.2) is 6.29 Å². The molecule has 0 aromatic heterocycles. The largest absolute Gasteiger partial charge is 0.394 e. The van der Waals surface area contributed by atoms with Crippen LogP contribution in [0.2, 0.25) is 0 Å². The molecule has 1 aliphatic heterocycles. The van der Waals surface area contributed by atoms with Gasteiger partial charge in [0.25, 0.3) is 0 Å². The number of hydrogen-bond acceptors (Lipinski definition) is 8. The predicted octanol–water partition coefficient (Wildman–Crippen LogP) is 13.2. The van der Waals surface area contributed by atoms with Gasteiger partial charge in [-0.2, -0.15) is 0 Å². The first-order valence-corrected chi connectivity index (χ1v) is 27.5. The molecule has 1 heterocycles. The number of unbranched alkanes of at least 4 members (excludes halogenated alkanes) is 21. The molecule has 7 unspecified atom stereocenters. The quantitative estimate of drug-likeness (QED) is 0.0261. The first kappa shape index (κ1) is 63.1. The molecule has 9 nitrogen and oxygen atoms in total. The Morgan fingerprint density at radius 1 is 0.515 bits per heavy atom. The Labute approximate surface area is 415 Å². The minimum Gasteiger partial charge on any atom is -0.394 e. The van der Waals surface area contributed by atoms with Crippen LogP contribution in [0.15, 0.2) is 97.2 Å². The van der Waals surface area contributed by atoms with Gasteiger partial charge in [-0.3, -0.25) is 4.79 Å². The van der Waals surface area contributed by atoms with Gasteiger partial charge in [0, 0.05) is 6.42 Å². The second kappa shape index (κ2) is 47.8. The van der Waals surface area contributed by atoms with Crippen molar-refractivity contribution in [3.8, 4) is 0 Å². The van der Waals surface area contributed by atoms with Crippen molar-refractivity contribution in [3.05, 3.63) is 97.2 Å². The van der Waals surface area contributed by atoms with Gasteiger partial charge in [-0.05, 0) is 83.5 Å². The highest BCUT2D eigenvalue weighted by atomic mass is 16.7. The molecule has 6 N–H and O–H groups in total. The van der Waals surface area contributed by atoms with Gasteiger partial charge in [-0.25, -0.2) is 0 Å². The van der Waals surface area contributed by atoms with Crippen molar-refractivity contribution in [2.24, 2.45) is 0 Å². The molecule has 0 radical (unpaired) electrons. The zero-order valence-electron chi connectivity index (χ0n) is 43.1. The monoisotopic (exact) mass is 952 g/mol. The molecule has 1 rings (SSSR count). The first-order chi connectivity index (χ1) is 33.3. The van der Waals surface area contributed by atoms with Crippen molar-refractivity contribution in [2.75, 3.05) is 13.2 Å². The summed E-state index contributed by atoms with van der Waals surface area (Å²) >= 11 is 0. The molecule has 0 bridgehead atoms. The van der Waals surface area contributed by atoms with E-state index in [1.807, 2.05) is 6.08 Å². The fraction of sp³-hybridized carbons (Fsp3) is 0.712. The van der Waals surface area contributed by atoms with Gasteiger partial charge in [0.2, 0.25) is 5.91 Å². The van der Waals surface area contributed by atoms with Gasteiger partial charge in [0.05, 0.1) is 25.4 Å². The molecule has 68 heavy (non-hydrogen) atoms. The van der Waals surface area contributed by atoms with Crippen LogP contribution in [0.25, 0.3) is 0 Å². The highest BCUT2D eigenvalue weighted by molar-refractivity contribution is 5.76. The van der Waals surface area contributed by atoms with E-state index in [1.54, 1.807) is 6.08 Å². The number of nitrogens with one attached hydrogen (secondary N) is 1. The summed E-state index contributed by atoms with van der Waals surface area (Å²) in [5.41, 5.74) is 0. The SMILES string of the molecule is CC/C=C\C/C=C\C/C=C\C/C=C\C/C=C\C/C=C\CCCCCCCCCCCCC(=O)NC(COC1OC(CO)C(O)C(O)C1O)C(O)/C=C/CC/C=C/CCCCCCCCCCCC. The van der Waals surface area contributed by atoms with E-state index >= 15 is 0 Å². The van der Waals surface area contributed by atoms with Crippen molar-refractivity contribution >= 4 is 5.91 Å². The standard InChI is InChI=1S/C59H101NO8/c1-3-5-7-9-11-13-15-17-19-21-22-23-24-25-26-27-28-29-30-31-32-33-35-37-39-41-43-45-47-49-55(63)60-52(51-67-59-58(66)57(65)56(64)54(50-61)68-59)53(62)48-46-44-42-40-38-36-34-20-18-16-14-12-10-8-6-4-2/h5,7,11,13,17,19,22-23,25-26,28-29,38,40,46,48,52-54,56-59,61-62,64-66H,3-4,6,8-10,12,14-16,18,20-21,24,27,30-37,39,41-45,47,49-51H2,1-2H3,(H,60,63)/b7-5-,13-11-,19-17-,23-22-,26-25-,29-28-,40-38+,48-46+. The summed E-state index contributed by atoms with van der Waals surface area (Å²) in [7, 11) is 0. The van der Waals surface area contributed by atoms with E-state index in [0.717, 1.165) is 89.9 Å². The predicted molar refractivity (Wildman–Crippen MR) is 285 cm³/mol. The van der Waals surface area contributed by atoms with Crippen molar-refractivity contribution in [2.45, 2.75) is 256 Å². The molecular weight excluding hydrogens is 851 g/mol. The van der Waals surface area contributed by atoms with Crippen LogP contribution in [0, 0.1) is 0 Å². The zero-order chi connectivity index (χ0) is 49.4. The molecule has 0 aromatic carbocycles. The molecule has 7 atom stereocenters. The second-order valence-electron chi connectivity index (χ2n) is 18.6. The van der Waals surface area contributed by atoms with Crippen LogP contribution in [0.4, 0.5) is 0 Å². The number of carbonyl (C=O) groups is 1. The molecule has 1 amide bonds. The zero-order valence-corrected chi connectivity index (χ0v) is 43.1. The highest BCUT2D eigenvalue weighted by Crippen LogP contribution is 2.23. The Morgan fingerprint density at radius 3 is 1.41 bits per heavy atom. The highest BCUT2D eigenvalue weighted by Gasteiger charge is 2.44. The van der Waals surface area contributed by atoms with Crippen LogP contribution in [-0.4, -0.2) is 87.5 Å². The van der Waals surface area contributed by atoms with E-state index in [9.17, 15) is 30.3 Å². The van der Waals surface area contributed by atoms with Crippen LogP contribution in [0.1, 0.15) is 213 Å². The van der Waals surface area contributed by atoms with E-state index in [4.69, 9.17) is 9.47 Å². The number of ether oxygens (including phenoxy) is 2. The molecule has 1 fully saturated rings. The van der Waals surface area contributed by atoms with Crippen LogP contribution in [0.3, 0.4) is 0 Å². The summed E-state index contributed by atoms with van der Waals surface area (Å²) in [6, 6.07) is -0.830. The summed E-state index contributed by atoms with van der Waals surface area (Å²) in [5.74, 6) is -0.196. The first-order valence-electron chi connectivity index (χ1n) is 27.5. The summed E-state index contributed by atoms with van der Waals surface area (Å²) in [6.07, 6.45) is 61.7. The average molecular weight is 952 g/mol. The maximum atomic E-state index is 13.0. The van der Waals surface area contributed by atoms with E-state index in [0.29, 0.717) is 6.42 Å². The van der Waals surface area contributed by atoms with Gasteiger partial charge >= 0.3 is 0 Å². The Balaban J connectivity index is 2.25. The molecule has 1 saturated heterocycles. The third-order valence-electron chi connectivity index (χ3n) is 12.4. The van der Waals surface area contributed by atoms with Gasteiger partial charge in [-0.15, -0.1) is 0 Å². The van der Waals surface area contributed by atoms with Crippen LogP contribution in [0.5, 0.6) is 0 Å². The molecule has 0 aromatic rings. The van der Waals surface area contributed by atoms with Crippen molar-refractivity contribution in [1.29, 1.82) is 0 Å². The van der Waals surface area contributed by atoms with Crippen LogP contribution < -0.4 is 5.32 Å². The number of aliphatic hydroxyl groups is 5. The number of hydrogen-bond donors (Lipinski definition) is 6. The molecule has 0 saturated carbocycles. The van der Waals surface area contributed by atoms with Gasteiger partial charge in [-0.1, -0.05) is 220 Å². The lowest BCUT2D eigenvalue weighted by Gasteiger charge is -2.40. The molecule has 0 aliphatic carbocycles. The smallest absolute Gasteiger partial charge is 0.220 e. The normalized spacial score (nSPS) is 20.4. The van der Waals surface area contributed by atoms with E-state index in [-0.39, 0.29) is 12.5 Å². The summed E-state index contributed by atoms with van der Waals surface area (Å²) in [4.78, 5) is 13.0. The van der Waals surface area contributed by atoms with E-state index in [1.165, 1.54) is 103 Å². The van der Waals surface area contributed by atoms with Gasteiger partial charge in [0.1, 0.15) is 24.4 Å². The second-order valence-corrected chi connectivity index (χ2v) is 18.6. The number of amides is 1. The number of aliphatic hydroxyl groups excluding tert-OH is 5. The third-order valence-corrected chi connectivity index (χ3v) is 12.4. The lowest BCUT2D eigenvalue weighted by Crippen LogP contribution is -2.60. The molecule has 390 valence electrons. The Hall–Kier alpha value is -2.89. The fourth-order valence-electron chi connectivity index (χ4n) is 8.06. The Bertz CT molecular complexity index is 1380. The molecule has 9 heteroatoms. The number of allylic oxidation sites excluding steroid dienone is 15. The third kappa shape index (κ3) is 37.0. The lowest BCUT2D eigenvalue weighted by atomic mass is 9.99. The van der Waals surface area contributed by atoms with Gasteiger partial charge < -0.3 is 40.3 Å². The topological polar surface area (TPSA) is 149 Å². The maximum Gasteiger partial charge on any atom is 0.220 e. The van der Waals surface area contributed by atoms with Crippen molar-refractivity contribution < 1.29 is 39.8 Å². The van der Waals surface area contributed by atoms with E-state index in [2.05, 4.69) is 104 Å². The fourth-order valence-corrected chi connectivity index (χ4v) is 8.06. The van der Waals surface area contributed by atoms with Crippen LogP contribution in [-0.2, 0) is 14.3 Å². The molecule has 0 spiro atoms. The minimum absolute atomic E-state index is 0.196. The van der Waals surface area contributed by atoms with Crippen LogP contribution >= 0.6 is 0 Å². The summed E-state index contributed by atoms with van der Waals surface area (Å²) in [6.45, 7) is 3.64. The number of carbonyl (C=O) groups excluding carboxylic acids is 1. The Morgan fingerprint density at radius 2 is 0.926 bits per heavy atom.